The summed E-state index contributed by atoms with van der Waals surface area (Å²) in [5, 5.41) is 2.91. The fourth-order valence-electron chi connectivity index (χ4n) is 2.33. The number of rotatable bonds is 1. The van der Waals surface area contributed by atoms with E-state index in [2.05, 4.69) is 26.1 Å². The maximum absolute atomic E-state index is 12.2. The molecule has 2 aromatic carbocycles. The Balaban J connectivity index is 1.94. The molecule has 0 saturated carbocycles. The zero-order valence-electron chi connectivity index (χ0n) is 13.0. The fourth-order valence-corrected chi connectivity index (χ4v) is 2.33. The topological polar surface area (TPSA) is 38.3 Å². The predicted octanol–water partition coefficient (Wildman–Crippen LogP) is 4.36. The lowest BCUT2D eigenvalue weighted by Gasteiger charge is -2.24. The minimum absolute atomic E-state index is 0.0277. The van der Waals surface area contributed by atoms with E-state index in [-0.39, 0.29) is 11.3 Å². The molecule has 1 heterocycles. The van der Waals surface area contributed by atoms with Crippen LogP contribution in [-0.2, 0) is 10.2 Å². The van der Waals surface area contributed by atoms with Crippen molar-refractivity contribution in [3.8, 4) is 5.75 Å². The molecule has 0 bridgehead atoms. The van der Waals surface area contributed by atoms with Gasteiger partial charge >= 0.3 is 0 Å². The lowest BCUT2D eigenvalue weighted by atomic mass is 9.86. The van der Waals surface area contributed by atoms with E-state index < -0.39 is 0 Å². The van der Waals surface area contributed by atoms with Crippen LogP contribution in [0.25, 0.3) is 6.08 Å². The van der Waals surface area contributed by atoms with E-state index in [0.29, 0.717) is 11.5 Å². The van der Waals surface area contributed by atoms with Crippen molar-refractivity contribution < 1.29 is 9.53 Å². The summed E-state index contributed by atoms with van der Waals surface area (Å²) in [7, 11) is 0. The van der Waals surface area contributed by atoms with Gasteiger partial charge in [-0.1, -0.05) is 57.2 Å². The summed E-state index contributed by atoms with van der Waals surface area (Å²) < 4.78 is 5.76. The molecule has 3 heteroatoms. The van der Waals surface area contributed by atoms with Gasteiger partial charge in [-0.3, -0.25) is 4.79 Å². The first kappa shape index (κ1) is 14.4. The van der Waals surface area contributed by atoms with E-state index in [9.17, 15) is 4.79 Å². The third-order valence-electron chi connectivity index (χ3n) is 3.63. The highest BCUT2D eigenvalue weighted by Gasteiger charge is 2.24. The van der Waals surface area contributed by atoms with Gasteiger partial charge in [0.25, 0.3) is 5.91 Å². The normalized spacial score (nSPS) is 16.0. The summed E-state index contributed by atoms with van der Waals surface area (Å²) >= 11 is 0. The van der Waals surface area contributed by atoms with Crippen molar-refractivity contribution in [3.05, 3.63) is 65.4 Å². The first-order valence-electron chi connectivity index (χ1n) is 7.34. The van der Waals surface area contributed by atoms with E-state index in [1.165, 1.54) is 0 Å². The molecular formula is C19H19NO2. The average molecular weight is 293 g/mol. The van der Waals surface area contributed by atoms with Crippen molar-refractivity contribution in [2.75, 3.05) is 5.32 Å². The van der Waals surface area contributed by atoms with E-state index in [1.807, 2.05) is 48.5 Å². The Morgan fingerprint density at radius 3 is 2.45 bits per heavy atom. The van der Waals surface area contributed by atoms with Crippen LogP contribution in [-0.4, -0.2) is 5.91 Å². The van der Waals surface area contributed by atoms with Crippen LogP contribution in [0.1, 0.15) is 31.9 Å². The number of hydrogen-bond donors (Lipinski definition) is 1. The third-order valence-corrected chi connectivity index (χ3v) is 3.63. The number of benzene rings is 2. The van der Waals surface area contributed by atoms with Crippen LogP contribution in [0, 0.1) is 0 Å². The maximum Gasteiger partial charge on any atom is 0.291 e. The summed E-state index contributed by atoms with van der Waals surface area (Å²) in [5.74, 6) is 0.763. The van der Waals surface area contributed by atoms with Gasteiger partial charge in [0.05, 0.1) is 5.69 Å². The summed E-state index contributed by atoms with van der Waals surface area (Å²) in [6, 6.07) is 15.6. The highest BCUT2D eigenvalue weighted by Crippen LogP contribution is 2.35. The second-order valence-electron chi connectivity index (χ2n) is 6.44. The number of carbonyl (C=O) groups is 1. The van der Waals surface area contributed by atoms with Crippen LogP contribution >= 0.6 is 0 Å². The van der Waals surface area contributed by atoms with Gasteiger partial charge in [-0.25, -0.2) is 0 Å². The van der Waals surface area contributed by atoms with Gasteiger partial charge in [0, 0.05) is 0 Å². The molecule has 2 aromatic rings. The Morgan fingerprint density at radius 1 is 1.05 bits per heavy atom. The standard InChI is InChI=1S/C19H19NO2/c1-19(2,3)14-9-10-16-15(12-14)20-18(21)17(22-16)11-13-7-5-4-6-8-13/h4-12H,1-3H3,(H,20,21)/b17-11-. The molecule has 1 aliphatic rings. The molecule has 0 radical (unpaired) electrons. The van der Waals surface area contributed by atoms with Crippen molar-refractivity contribution >= 4 is 17.7 Å². The van der Waals surface area contributed by atoms with Crippen LogP contribution in [0.4, 0.5) is 5.69 Å². The van der Waals surface area contributed by atoms with Crippen molar-refractivity contribution in [1.82, 2.24) is 0 Å². The molecule has 3 rings (SSSR count). The number of anilines is 1. The molecule has 0 saturated heterocycles. The van der Waals surface area contributed by atoms with Crippen LogP contribution in [0.3, 0.4) is 0 Å². The zero-order valence-corrected chi connectivity index (χ0v) is 13.0. The molecule has 0 aliphatic carbocycles. The monoisotopic (exact) mass is 293 g/mol. The van der Waals surface area contributed by atoms with Crippen LogP contribution in [0.5, 0.6) is 5.75 Å². The first-order valence-corrected chi connectivity index (χ1v) is 7.34. The zero-order chi connectivity index (χ0) is 15.7. The Labute approximate surface area is 130 Å². The van der Waals surface area contributed by atoms with Gasteiger partial charge in [-0.2, -0.15) is 0 Å². The summed E-state index contributed by atoms with van der Waals surface area (Å²) in [4.78, 5) is 12.2. The molecule has 1 N–H and O–H groups in total. The lowest BCUT2D eigenvalue weighted by molar-refractivity contribution is -0.115. The van der Waals surface area contributed by atoms with Gasteiger partial charge in [0.2, 0.25) is 0 Å². The van der Waals surface area contributed by atoms with Gasteiger partial charge < -0.3 is 10.1 Å². The van der Waals surface area contributed by atoms with Crippen molar-refractivity contribution in [1.29, 1.82) is 0 Å². The molecular weight excluding hydrogens is 274 g/mol. The Bertz CT molecular complexity index is 740. The van der Waals surface area contributed by atoms with E-state index in [0.717, 1.165) is 16.8 Å². The number of amides is 1. The largest absolute Gasteiger partial charge is 0.449 e. The van der Waals surface area contributed by atoms with Gasteiger partial charge in [0.1, 0.15) is 0 Å². The summed E-state index contributed by atoms with van der Waals surface area (Å²) in [6.45, 7) is 6.42. The van der Waals surface area contributed by atoms with Crippen LogP contribution < -0.4 is 10.1 Å². The highest BCUT2D eigenvalue weighted by molar-refractivity contribution is 6.08. The lowest BCUT2D eigenvalue weighted by Crippen LogP contribution is -2.24. The number of fused-ring (bicyclic) bond motifs is 1. The van der Waals surface area contributed by atoms with Gasteiger partial charge in [-0.05, 0) is 34.8 Å². The smallest absolute Gasteiger partial charge is 0.291 e. The second kappa shape index (κ2) is 5.34. The molecule has 0 fully saturated rings. The quantitative estimate of drug-likeness (QED) is 0.793. The van der Waals surface area contributed by atoms with Gasteiger partial charge in [0.15, 0.2) is 11.5 Å². The summed E-state index contributed by atoms with van der Waals surface area (Å²) in [5.41, 5.74) is 2.84. The Kier molecular flexibility index (Phi) is 3.49. The SMILES string of the molecule is CC(C)(C)c1ccc2c(c1)NC(=O)/C(=C/c1ccccc1)O2. The van der Waals surface area contributed by atoms with E-state index in [4.69, 9.17) is 4.74 Å². The predicted molar refractivity (Wildman–Crippen MR) is 88.8 cm³/mol. The van der Waals surface area contributed by atoms with E-state index >= 15 is 0 Å². The molecule has 0 spiro atoms. The van der Waals surface area contributed by atoms with E-state index in [1.54, 1.807) is 6.08 Å². The molecule has 1 amide bonds. The third kappa shape index (κ3) is 2.89. The number of carbonyl (C=O) groups excluding carboxylic acids is 1. The summed E-state index contributed by atoms with van der Waals surface area (Å²) in [6.07, 6.45) is 1.75. The van der Waals surface area contributed by atoms with Crippen LogP contribution in [0.2, 0.25) is 0 Å². The van der Waals surface area contributed by atoms with Crippen molar-refractivity contribution in [2.24, 2.45) is 0 Å². The molecule has 112 valence electrons. The Morgan fingerprint density at radius 2 is 1.77 bits per heavy atom. The molecule has 1 aliphatic heterocycles. The molecule has 3 nitrogen and oxygen atoms in total. The number of nitrogens with one attached hydrogen (secondary N) is 1. The second-order valence-corrected chi connectivity index (χ2v) is 6.44. The van der Waals surface area contributed by atoms with Gasteiger partial charge in [-0.15, -0.1) is 0 Å². The number of ether oxygens (including phenoxy) is 1. The first-order chi connectivity index (χ1) is 10.4. The fraction of sp³-hybridized carbons (Fsp3) is 0.211. The average Bonchev–Trinajstić information content (AvgIpc) is 2.47. The molecule has 22 heavy (non-hydrogen) atoms. The Hall–Kier alpha value is -2.55. The molecule has 0 atom stereocenters. The minimum Gasteiger partial charge on any atom is -0.449 e. The molecule has 0 aromatic heterocycles. The molecule has 0 unspecified atom stereocenters. The van der Waals surface area contributed by atoms with Crippen molar-refractivity contribution in [2.45, 2.75) is 26.2 Å². The van der Waals surface area contributed by atoms with Crippen LogP contribution in [0.15, 0.2) is 54.3 Å². The van der Waals surface area contributed by atoms with Crippen molar-refractivity contribution in [3.63, 3.8) is 0 Å². The number of hydrogen-bond acceptors (Lipinski definition) is 2. The minimum atomic E-state index is -0.220. The highest BCUT2D eigenvalue weighted by atomic mass is 16.5. The maximum atomic E-state index is 12.2.